The summed E-state index contributed by atoms with van der Waals surface area (Å²) in [6, 6.07) is 3.49. The summed E-state index contributed by atoms with van der Waals surface area (Å²) in [5.74, 6) is -1.36. The normalized spacial score (nSPS) is 15.0. The lowest BCUT2D eigenvalue weighted by atomic mass is 9.96. The molecule has 1 aliphatic rings. The van der Waals surface area contributed by atoms with Crippen LogP contribution in [0.3, 0.4) is 0 Å². The van der Waals surface area contributed by atoms with Crippen molar-refractivity contribution in [1.29, 1.82) is 0 Å². The molecule has 0 atom stereocenters. The molecule has 2 rings (SSSR count). The lowest BCUT2D eigenvalue weighted by Gasteiger charge is -2.34. The largest absolute Gasteiger partial charge is 0.453 e. The number of halogens is 1. The van der Waals surface area contributed by atoms with Crippen LogP contribution in [-0.4, -0.2) is 61.1 Å². The summed E-state index contributed by atoms with van der Waals surface area (Å²) >= 11 is 0. The highest BCUT2D eigenvalue weighted by Gasteiger charge is 2.27. The molecular weight excluding hydrogens is 417 g/mol. The molecule has 1 aromatic rings. The molecule has 1 heterocycles. The number of carbonyl (C=O) groups is 3. The minimum absolute atomic E-state index is 0.116. The third-order valence-electron chi connectivity index (χ3n) is 4.68. The second-order valence-corrected chi connectivity index (χ2v) is 8.32. The third-order valence-corrected chi connectivity index (χ3v) is 4.68. The van der Waals surface area contributed by atoms with Gasteiger partial charge in [-0.3, -0.25) is 4.79 Å². The third kappa shape index (κ3) is 6.73. The van der Waals surface area contributed by atoms with Crippen molar-refractivity contribution >= 4 is 23.7 Å². The summed E-state index contributed by atoms with van der Waals surface area (Å²) in [5, 5.41) is 4.94. The quantitative estimate of drug-likeness (QED) is 0.614. The summed E-state index contributed by atoms with van der Waals surface area (Å²) in [6.07, 6.45) is 4.28. The van der Waals surface area contributed by atoms with Crippen LogP contribution in [0, 0.1) is 11.2 Å². The molecule has 1 saturated heterocycles. The molecule has 0 radical (unpaired) electrons. The number of amides is 4. The maximum absolute atomic E-state index is 15.0. The standard InChI is InChI=1S/C22H30FN5O4/c1-22(2,3)9-8-15(14-24)25-20(30)26-17-7-5-6-16(18(17)23)19(29)27-10-12-28(13-11-27)21(31)32-4/h5-9,14H,10-13,24H2,1-4H3,(H2,25,26,30)/b9-8-,15-14+. The van der Waals surface area contributed by atoms with Gasteiger partial charge in [-0.1, -0.05) is 32.9 Å². The van der Waals surface area contributed by atoms with Gasteiger partial charge in [-0.15, -0.1) is 0 Å². The van der Waals surface area contributed by atoms with E-state index in [0.29, 0.717) is 5.70 Å². The summed E-state index contributed by atoms with van der Waals surface area (Å²) in [6.45, 7) is 7.04. The first-order valence-corrected chi connectivity index (χ1v) is 10.2. The van der Waals surface area contributed by atoms with E-state index in [2.05, 4.69) is 15.4 Å². The van der Waals surface area contributed by atoms with Crippen LogP contribution >= 0.6 is 0 Å². The summed E-state index contributed by atoms with van der Waals surface area (Å²) in [4.78, 5) is 39.6. The average Bonchev–Trinajstić information content (AvgIpc) is 2.76. The van der Waals surface area contributed by atoms with Crippen LogP contribution in [0.5, 0.6) is 0 Å². The Morgan fingerprint density at radius 3 is 2.31 bits per heavy atom. The minimum Gasteiger partial charge on any atom is -0.453 e. The number of benzene rings is 1. The van der Waals surface area contributed by atoms with Crippen LogP contribution in [0.15, 0.2) is 42.2 Å². The van der Waals surface area contributed by atoms with Gasteiger partial charge in [0.1, 0.15) is 0 Å². The molecule has 0 aromatic heterocycles. The number of urea groups is 1. The highest BCUT2D eigenvalue weighted by Crippen LogP contribution is 2.21. The van der Waals surface area contributed by atoms with Crippen molar-refractivity contribution in [2.75, 3.05) is 38.6 Å². The number of anilines is 1. The molecule has 32 heavy (non-hydrogen) atoms. The van der Waals surface area contributed by atoms with E-state index in [0.717, 1.165) is 0 Å². The summed E-state index contributed by atoms with van der Waals surface area (Å²) in [7, 11) is 1.29. The van der Waals surface area contributed by atoms with Gasteiger partial charge in [0.15, 0.2) is 5.82 Å². The zero-order valence-corrected chi connectivity index (χ0v) is 18.8. The first-order chi connectivity index (χ1) is 15.1. The molecule has 10 heteroatoms. The molecule has 0 unspecified atom stereocenters. The number of methoxy groups -OCH3 is 1. The molecule has 4 amide bonds. The molecule has 9 nitrogen and oxygen atoms in total. The molecule has 4 N–H and O–H groups in total. The van der Waals surface area contributed by atoms with Gasteiger partial charge in [0, 0.05) is 32.4 Å². The van der Waals surface area contributed by atoms with Gasteiger partial charge in [-0.25, -0.2) is 14.0 Å². The van der Waals surface area contributed by atoms with Gasteiger partial charge >= 0.3 is 12.1 Å². The number of carbonyl (C=O) groups excluding carboxylic acids is 3. The summed E-state index contributed by atoms with van der Waals surface area (Å²) < 4.78 is 19.7. The van der Waals surface area contributed by atoms with Crippen molar-refractivity contribution in [3.8, 4) is 0 Å². The smallest absolute Gasteiger partial charge is 0.409 e. The van der Waals surface area contributed by atoms with Crippen LogP contribution in [0.25, 0.3) is 0 Å². The maximum Gasteiger partial charge on any atom is 0.409 e. The molecule has 1 aromatic carbocycles. The maximum atomic E-state index is 15.0. The van der Waals surface area contributed by atoms with Gasteiger partial charge in [-0.2, -0.15) is 0 Å². The van der Waals surface area contributed by atoms with E-state index < -0.39 is 23.8 Å². The fraction of sp³-hybridized carbons (Fsp3) is 0.409. The first-order valence-electron chi connectivity index (χ1n) is 10.2. The summed E-state index contributed by atoms with van der Waals surface area (Å²) in [5.41, 5.74) is 5.46. The Labute approximate surface area is 187 Å². The molecule has 0 aliphatic carbocycles. The SMILES string of the molecule is COC(=O)N1CCN(C(=O)c2cccc(NC(=O)NC(/C=C\C(C)(C)C)=C/N)c2F)CC1. The topological polar surface area (TPSA) is 117 Å². The van der Waals surface area contributed by atoms with Crippen molar-refractivity contribution in [1.82, 2.24) is 15.1 Å². The highest BCUT2D eigenvalue weighted by molar-refractivity contribution is 5.97. The monoisotopic (exact) mass is 447 g/mol. The predicted molar refractivity (Wildman–Crippen MR) is 119 cm³/mol. The Kier molecular flexibility index (Phi) is 8.22. The number of allylic oxidation sites excluding steroid dienone is 2. The number of nitrogens with two attached hydrogens (primary N) is 1. The Bertz CT molecular complexity index is 915. The van der Waals surface area contributed by atoms with E-state index in [1.165, 1.54) is 41.3 Å². The van der Waals surface area contributed by atoms with Crippen LogP contribution < -0.4 is 16.4 Å². The molecule has 0 spiro atoms. The number of nitrogens with zero attached hydrogens (tertiary/aromatic N) is 2. The Hall–Kier alpha value is -3.56. The Balaban J connectivity index is 2.06. The van der Waals surface area contributed by atoms with Crippen LogP contribution in [0.2, 0.25) is 0 Å². The van der Waals surface area contributed by atoms with Crippen LogP contribution in [0.4, 0.5) is 19.7 Å². The van der Waals surface area contributed by atoms with E-state index in [1.54, 1.807) is 6.08 Å². The second-order valence-electron chi connectivity index (χ2n) is 8.32. The molecule has 0 bridgehead atoms. The van der Waals surface area contributed by atoms with Crippen molar-refractivity contribution < 1.29 is 23.5 Å². The van der Waals surface area contributed by atoms with E-state index in [-0.39, 0.29) is 42.8 Å². The van der Waals surface area contributed by atoms with Gasteiger partial charge in [-0.05, 0) is 23.6 Å². The lowest BCUT2D eigenvalue weighted by Crippen LogP contribution is -2.50. The second kappa shape index (κ2) is 10.7. The van der Waals surface area contributed by atoms with Gasteiger partial charge in [0.05, 0.1) is 24.1 Å². The fourth-order valence-corrected chi connectivity index (χ4v) is 2.95. The van der Waals surface area contributed by atoms with E-state index in [4.69, 9.17) is 5.73 Å². The van der Waals surface area contributed by atoms with Crippen LogP contribution in [0.1, 0.15) is 31.1 Å². The molecule has 1 fully saturated rings. The molecule has 0 saturated carbocycles. The molecule has 174 valence electrons. The van der Waals surface area contributed by atoms with Gasteiger partial charge < -0.3 is 30.9 Å². The average molecular weight is 448 g/mol. The van der Waals surface area contributed by atoms with Crippen molar-refractivity contribution in [2.45, 2.75) is 20.8 Å². The van der Waals surface area contributed by atoms with Crippen molar-refractivity contribution in [3.63, 3.8) is 0 Å². The van der Waals surface area contributed by atoms with E-state index in [1.807, 2.05) is 26.8 Å². The minimum atomic E-state index is -0.841. The first kappa shape index (κ1) is 24.7. The Morgan fingerprint density at radius 1 is 1.12 bits per heavy atom. The zero-order valence-electron chi connectivity index (χ0n) is 18.8. The fourth-order valence-electron chi connectivity index (χ4n) is 2.95. The number of nitrogens with one attached hydrogen (secondary N) is 2. The van der Waals surface area contributed by atoms with Crippen LogP contribution in [-0.2, 0) is 4.74 Å². The predicted octanol–water partition coefficient (Wildman–Crippen LogP) is 2.87. The lowest BCUT2D eigenvalue weighted by molar-refractivity contribution is 0.0595. The number of rotatable bonds is 4. The zero-order chi connectivity index (χ0) is 23.9. The van der Waals surface area contributed by atoms with Crippen molar-refractivity contribution in [3.05, 3.63) is 53.6 Å². The number of hydrogen-bond acceptors (Lipinski definition) is 5. The van der Waals surface area contributed by atoms with Gasteiger partial charge in [0.2, 0.25) is 0 Å². The highest BCUT2D eigenvalue weighted by atomic mass is 19.1. The molecule has 1 aliphatic heterocycles. The van der Waals surface area contributed by atoms with Crippen molar-refractivity contribution in [2.24, 2.45) is 11.1 Å². The van der Waals surface area contributed by atoms with E-state index >= 15 is 0 Å². The number of ether oxygens (including phenoxy) is 1. The number of piperazine rings is 1. The Morgan fingerprint density at radius 2 is 1.75 bits per heavy atom. The number of hydrogen-bond donors (Lipinski definition) is 3. The van der Waals surface area contributed by atoms with E-state index in [9.17, 15) is 18.8 Å². The molecular formula is C22H30FN5O4. The van der Waals surface area contributed by atoms with Gasteiger partial charge in [0.25, 0.3) is 5.91 Å².